The quantitative estimate of drug-likeness (QED) is 0.847. The van der Waals surface area contributed by atoms with Crippen LogP contribution < -0.4 is 10.2 Å². The van der Waals surface area contributed by atoms with Crippen LogP contribution in [0.5, 0.6) is 0 Å². The van der Waals surface area contributed by atoms with Crippen LogP contribution >= 0.6 is 0 Å². The first-order valence-electron chi connectivity index (χ1n) is 7.64. The molecule has 0 aliphatic carbocycles. The maximum absolute atomic E-state index is 3.61. The number of nitrogens with one attached hydrogen (secondary N) is 1. The van der Waals surface area contributed by atoms with Crippen LogP contribution in [0.2, 0.25) is 0 Å². The van der Waals surface area contributed by atoms with E-state index in [1.54, 1.807) is 0 Å². The predicted octanol–water partition coefficient (Wildman–Crippen LogP) is 4.80. The number of nitrogens with zero attached hydrogens (tertiary/aromatic N) is 1. The fourth-order valence-corrected chi connectivity index (χ4v) is 2.45. The third-order valence-corrected chi connectivity index (χ3v) is 3.99. The Labute approximate surface area is 128 Å². The van der Waals surface area contributed by atoms with Gasteiger partial charge in [-0.05, 0) is 55.2 Å². The lowest BCUT2D eigenvalue weighted by Gasteiger charge is -2.20. The minimum absolute atomic E-state index is 0.305. The van der Waals surface area contributed by atoms with Gasteiger partial charge in [0, 0.05) is 31.5 Å². The second-order valence-electron chi connectivity index (χ2n) is 5.85. The SMILES string of the molecule is CCc1ccc(C(C)Nc2ccc(N(C)C)cc2C)cc1. The average molecular weight is 282 g/mol. The first-order chi connectivity index (χ1) is 10.0. The highest BCUT2D eigenvalue weighted by molar-refractivity contribution is 5.60. The highest BCUT2D eigenvalue weighted by atomic mass is 15.1. The molecule has 2 aromatic carbocycles. The minimum Gasteiger partial charge on any atom is -0.378 e. The van der Waals surface area contributed by atoms with E-state index in [0.29, 0.717) is 6.04 Å². The molecule has 0 saturated carbocycles. The van der Waals surface area contributed by atoms with E-state index in [9.17, 15) is 0 Å². The first-order valence-corrected chi connectivity index (χ1v) is 7.64. The summed E-state index contributed by atoms with van der Waals surface area (Å²) in [5, 5.41) is 3.61. The Balaban J connectivity index is 2.13. The average Bonchev–Trinajstić information content (AvgIpc) is 2.49. The largest absolute Gasteiger partial charge is 0.378 e. The lowest BCUT2D eigenvalue weighted by Crippen LogP contribution is -2.11. The molecule has 0 saturated heterocycles. The maximum Gasteiger partial charge on any atom is 0.0485 e. The molecule has 0 fully saturated rings. The molecule has 1 unspecified atom stereocenters. The summed E-state index contributed by atoms with van der Waals surface area (Å²) in [5.41, 5.74) is 6.42. The molecule has 0 bridgehead atoms. The summed E-state index contributed by atoms with van der Waals surface area (Å²) in [6, 6.07) is 15.7. The minimum atomic E-state index is 0.305. The summed E-state index contributed by atoms with van der Waals surface area (Å²) >= 11 is 0. The van der Waals surface area contributed by atoms with Crippen molar-refractivity contribution >= 4 is 11.4 Å². The number of hydrogen-bond donors (Lipinski definition) is 1. The number of rotatable bonds is 5. The molecule has 112 valence electrons. The molecule has 0 aliphatic rings. The lowest BCUT2D eigenvalue weighted by atomic mass is 10.0. The van der Waals surface area contributed by atoms with Gasteiger partial charge < -0.3 is 10.2 Å². The van der Waals surface area contributed by atoms with Crippen molar-refractivity contribution in [3.63, 3.8) is 0 Å². The highest BCUT2D eigenvalue weighted by Crippen LogP contribution is 2.25. The van der Waals surface area contributed by atoms with E-state index in [2.05, 4.69) is 87.5 Å². The number of aryl methyl sites for hydroxylation is 2. The fourth-order valence-electron chi connectivity index (χ4n) is 2.45. The molecule has 1 N–H and O–H groups in total. The van der Waals surface area contributed by atoms with Gasteiger partial charge in [0.25, 0.3) is 0 Å². The smallest absolute Gasteiger partial charge is 0.0485 e. The van der Waals surface area contributed by atoms with E-state index in [1.165, 1.54) is 28.1 Å². The van der Waals surface area contributed by atoms with Crippen molar-refractivity contribution in [1.82, 2.24) is 0 Å². The van der Waals surface area contributed by atoms with Crippen molar-refractivity contribution < 1.29 is 0 Å². The second kappa shape index (κ2) is 6.66. The Morgan fingerprint density at radius 1 is 1.05 bits per heavy atom. The third kappa shape index (κ3) is 3.78. The molecule has 0 radical (unpaired) electrons. The lowest BCUT2D eigenvalue weighted by molar-refractivity contribution is 0.880. The number of anilines is 2. The van der Waals surface area contributed by atoms with E-state index in [0.717, 1.165) is 6.42 Å². The molecule has 2 heteroatoms. The Kier molecular flexibility index (Phi) is 4.89. The standard InChI is InChI=1S/C19H26N2/c1-6-16-7-9-17(10-8-16)15(3)20-19-12-11-18(21(4)5)13-14(19)2/h7-13,15,20H,6H2,1-5H3. The van der Waals surface area contributed by atoms with Crippen LogP contribution in [-0.4, -0.2) is 14.1 Å². The number of hydrogen-bond acceptors (Lipinski definition) is 2. The van der Waals surface area contributed by atoms with Crippen LogP contribution in [0.4, 0.5) is 11.4 Å². The zero-order chi connectivity index (χ0) is 15.4. The topological polar surface area (TPSA) is 15.3 Å². The van der Waals surface area contributed by atoms with Crippen LogP contribution in [0.1, 0.15) is 36.6 Å². The van der Waals surface area contributed by atoms with Gasteiger partial charge in [0.2, 0.25) is 0 Å². The van der Waals surface area contributed by atoms with Gasteiger partial charge in [-0.25, -0.2) is 0 Å². The molecule has 2 rings (SSSR count). The fraction of sp³-hybridized carbons (Fsp3) is 0.368. The van der Waals surface area contributed by atoms with Crippen molar-refractivity contribution in [3.05, 3.63) is 59.2 Å². The van der Waals surface area contributed by atoms with Gasteiger partial charge in [0.1, 0.15) is 0 Å². The van der Waals surface area contributed by atoms with E-state index in [1.807, 2.05) is 0 Å². The Hall–Kier alpha value is -1.96. The molecule has 2 aromatic rings. The summed E-state index contributed by atoms with van der Waals surface area (Å²) in [4.78, 5) is 2.13. The molecule has 1 atom stereocenters. The predicted molar refractivity (Wildman–Crippen MR) is 93.4 cm³/mol. The zero-order valence-corrected chi connectivity index (χ0v) is 13.8. The summed E-state index contributed by atoms with van der Waals surface area (Å²) in [7, 11) is 4.14. The van der Waals surface area contributed by atoms with Crippen molar-refractivity contribution in [1.29, 1.82) is 0 Å². The summed E-state index contributed by atoms with van der Waals surface area (Å²) in [6.45, 7) is 6.55. The van der Waals surface area contributed by atoms with Crippen LogP contribution in [0, 0.1) is 6.92 Å². The summed E-state index contributed by atoms with van der Waals surface area (Å²) in [6.07, 6.45) is 1.09. The van der Waals surface area contributed by atoms with Gasteiger partial charge in [-0.3, -0.25) is 0 Å². The monoisotopic (exact) mass is 282 g/mol. The molecule has 0 spiro atoms. The molecule has 0 aromatic heterocycles. The van der Waals surface area contributed by atoms with Crippen molar-refractivity contribution in [3.8, 4) is 0 Å². The van der Waals surface area contributed by atoms with Crippen LogP contribution in [0.3, 0.4) is 0 Å². The van der Waals surface area contributed by atoms with E-state index in [4.69, 9.17) is 0 Å². The Bertz CT molecular complexity index is 585. The van der Waals surface area contributed by atoms with Crippen molar-refractivity contribution in [2.75, 3.05) is 24.3 Å². The summed E-state index contributed by atoms with van der Waals surface area (Å²) < 4.78 is 0. The molecule has 0 heterocycles. The molecule has 0 aliphatic heterocycles. The Morgan fingerprint density at radius 3 is 2.24 bits per heavy atom. The van der Waals surface area contributed by atoms with Gasteiger partial charge >= 0.3 is 0 Å². The number of benzene rings is 2. The summed E-state index contributed by atoms with van der Waals surface area (Å²) in [5.74, 6) is 0. The molecule has 21 heavy (non-hydrogen) atoms. The van der Waals surface area contributed by atoms with Crippen LogP contribution in [0.25, 0.3) is 0 Å². The highest BCUT2D eigenvalue weighted by Gasteiger charge is 2.08. The van der Waals surface area contributed by atoms with Crippen molar-refractivity contribution in [2.45, 2.75) is 33.2 Å². The van der Waals surface area contributed by atoms with Gasteiger partial charge in [-0.2, -0.15) is 0 Å². The van der Waals surface area contributed by atoms with Gasteiger partial charge in [-0.1, -0.05) is 31.2 Å². The molecular formula is C19H26N2. The van der Waals surface area contributed by atoms with Crippen LogP contribution in [0.15, 0.2) is 42.5 Å². The Morgan fingerprint density at radius 2 is 1.71 bits per heavy atom. The third-order valence-electron chi connectivity index (χ3n) is 3.99. The van der Waals surface area contributed by atoms with Gasteiger partial charge in [-0.15, -0.1) is 0 Å². The zero-order valence-electron chi connectivity index (χ0n) is 13.8. The normalized spacial score (nSPS) is 12.0. The maximum atomic E-state index is 3.61. The van der Waals surface area contributed by atoms with E-state index >= 15 is 0 Å². The van der Waals surface area contributed by atoms with E-state index < -0.39 is 0 Å². The first kappa shape index (κ1) is 15.4. The van der Waals surface area contributed by atoms with Crippen molar-refractivity contribution in [2.24, 2.45) is 0 Å². The molecular weight excluding hydrogens is 256 g/mol. The van der Waals surface area contributed by atoms with E-state index in [-0.39, 0.29) is 0 Å². The van der Waals surface area contributed by atoms with Gasteiger partial charge in [0.05, 0.1) is 0 Å². The molecule has 2 nitrogen and oxygen atoms in total. The van der Waals surface area contributed by atoms with Crippen LogP contribution in [-0.2, 0) is 6.42 Å². The van der Waals surface area contributed by atoms with Gasteiger partial charge in [0.15, 0.2) is 0 Å². The second-order valence-corrected chi connectivity index (χ2v) is 5.85. The molecule has 0 amide bonds.